The van der Waals surface area contributed by atoms with Gasteiger partial charge in [-0.2, -0.15) is 5.10 Å². The van der Waals surface area contributed by atoms with Crippen LogP contribution in [-0.2, 0) is 11.3 Å². The molecule has 1 saturated carbocycles. The van der Waals surface area contributed by atoms with Gasteiger partial charge < -0.3 is 15.4 Å². The minimum Gasteiger partial charge on any atom is -0.379 e. The van der Waals surface area contributed by atoms with Crippen LogP contribution in [0.1, 0.15) is 24.8 Å². The fraction of sp³-hybridized carbons (Fsp3) is 0.556. The van der Waals surface area contributed by atoms with Crippen LogP contribution in [0.2, 0.25) is 0 Å². The highest BCUT2D eigenvalue weighted by Crippen LogP contribution is 2.31. The van der Waals surface area contributed by atoms with E-state index in [4.69, 9.17) is 4.74 Å². The summed E-state index contributed by atoms with van der Waals surface area (Å²) in [4.78, 5) is 4.06. The molecule has 2 N–H and O–H groups in total. The lowest BCUT2D eigenvalue weighted by Gasteiger charge is -2.33. The van der Waals surface area contributed by atoms with Crippen LogP contribution in [-0.4, -0.2) is 46.6 Å². The summed E-state index contributed by atoms with van der Waals surface area (Å²) >= 11 is 0. The van der Waals surface area contributed by atoms with Gasteiger partial charge in [0.05, 0.1) is 31.6 Å². The average Bonchev–Trinajstić information content (AvgIpc) is 3.27. The van der Waals surface area contributed by atoms with E-state index in [-0.39, 0.29) is 12.4 Å². The molecule has 1 aliphatic carbocycles. The third-order valence-electron chi connectivity index (χ3n) is 5.12. The van der Waals surface area contributed by atoms with Gasteiger partial charge in [0.15, 0.2) is 0 Å². The van der Waals surface area contributed by atoms with Crippen molar-refractivity contribution in [2.24, 2.45) is 5.92 Å². The maximum atomic E-state index is 5.65. The Bertz CT molecular complexity index is 644. The predicted molar refractivity (Wildman–Crippen MR) is 100 cm³/mol. The molecule has 2 aromatic heterocycles. The molecule has 2 aliphatic rings. The van der Waals surface area contributed by atoms with Crippen LogP contribution in [0.25, 0.3) is 0 Å². The van der Waals surface area contributed by atoms with Crippen molar-refractivity contribution in [2.45, 2.75) is 37.9 Å². The number of aromatic nitrogens is 3. The molecule has 0 spiro atoms. The first-order chi connectivity index (χ1) is 11.9. The third kappa shape index (κ3) is 4.51. The number of halogens is 1. The minimum atomic E-state index is 0. The second kappa shape index (κ2) is 8.65. The first-order valence-corrected chi connectivity index (χ1v) is 8.87. The summed E-state index contributed by atoms with van der Waals surface area (Å²) in [6, 6.07) is 5.03. The summed E-state index contributed by atoms with van der Waals surface area (Å²) in [5, 5.41) is 11.8. The van der Waals surface area contributed by atoms with Gasteiger partial charge >= 0.3 is 0 Å². The molecule has 2 fully saturated rings. The van der Waals surface area contributed by atoms with E-state index in [0.717, 1.165) is 32.0 Å². The first-order valence-electron chi connectivity index (χ1n) is 8.87. The lowest BCUT2D eigenvalue weighted by Crippen LogP contribution is -2.49. The van der Waals surface area contributed by atoms with Gasteiger partial charge in [0.1, 0.15) is 0 Å². The maximum Gasteiger partial charge on any atom is 0.0728 e. The highest BCUT2D eigenvalue weighted by Gasteiger charge is 2.34. The molecule has 0 bridgehead atoms. The second-order valence-corrected chi connectivity index (χ2v) is 6.76. The number of anilines is 1. The van der Waals surface area contributed by atoms with E-state index in [1.54, 1.807) is 0 Å². The van der Waals surface area contributed by atoms with Gasteiger partial charge in [0, 0.05) is 37.2 Å². The van der Waals surface area contributed by atoms with Crippen LogP contribution in [0.5, 0.6) is 0 Å². The van der Waals surface area contributed by atoms with Gasteiger partial charge in [-0.15, -0.1) is 12.4 Å². The molecular formula is C18H26ClN5O. The average molecular weight is 364 g/mol. The van der Waals surface area contributed by atoms with Crippen molar-refractivity contribution in [2.75, 3.05) is 25.1 Å². The number of ether oxygens (including phenoxy) is 1. The first kappa shape index (κ1) is 18.2. The zero-order chi connectivity index (χ0) is 16.2. The Labute approximate surface area is 154 Å². The van der Waals surface area contributed by atoms with Crippen LogP contribution >= 0.6 is 12.4 Å². The SMILES string of the molecule is Cl.c1cc(Cn2cc(NC3CCCC3C3COCCN3)cn2)ccn1. The molecule has 7 heteroatoms. The standard InChI is InChI=1S/C18H25N5O.ClH/c1-2-16(18-13-24-9-8-20-18)17(3-1)22-15-10-21-23(12-15)11-14-4-6-19-7-5-14;/h4-7,10,12,16-18,20,22H,1-3,8-9,11,13H2;1H. The third-order valence-corrected chi connectivity index (χ3v) is 5.12. The maximum absolute atomic E-state index is 5.65. The van der Waals surface area contributed by atoms with E-state index < -0.39 is 0 Å². The van der Waals surface area contributed by atoms with Gasteiger partial charge in [0.2, 0.25) is 0 Å². The molecule has 1 aliphatic heterocycles. The van der Waals surface area contributed by atoms with Gasteiger partial charge in [-0.05, 0) is 36.5 Å². The number of rotatable bonds is 5. The van der Waals surface area contributed by atoms with Gasteiger partial charge in [-0.3, -0.25) is 9.67 Å². The van der Waals surface area contributed by atoms with Crippen LogP contribution in [0.3, 0.4) is 0 Å². The van der Waals surface area contributed by atoms with Crippen molar-refractivity contribution in [1.29, 1.82) is 0 Å². The molecule has 1 saturated heterocycles. The Kier molecular flexibility index (Phi) is 6.29. The van der Waals surface area contributed by atoms with Crippen molar-refractivity contribution in [1.82, 2.24) is 20.1 Å². The number of hydrogen-bond acceptors (Lipinski definition) is 5. The molecule has 25 heavy (non-hydrogen) atoms. The van der Waals surface area contributed by atoms with Crippen LogP contribution in [0.15, 0.2) is 36.9 Å². The Balaban J connectivity index is 0.00000182. The van der Waals surface area contributed by atoms with Crippen molar-refractivity contribution in [3.8, 4) is 0 Å². The number of morpholine rings is 1. The zero-order valence-corrected chi connectivity index (χ0v) is 15.1. The lowest BCUT2D eigenvalue weighted by atomic mass is 9.94. The molecule has 3 atom stereocenters. The minimum absolute atomic E-state index is 0. The summed E-state index contributed by atoms with van der Waals surface area (Å²) in [6.07, 6.45) is 11.4. The second-order valence-electron chi connectivity index (χ2n) is 6.76. The Morgan fingerprint density at radius 2 is 2.16 bits per heavy atom. The Morgan fingerprint density at radius 3 is 2.96 bits per heavy atom. The van der Waals surface area contributed by atoms with Crippen molar-refractivity contribution < 1.29 is 4.74 Å². The molecule has 3 unspecified atom stereocenters. The van der Waals surface area contributed by atoms with Gasteiger partial charge in [-0.1, -0.05) is 6.42 Å². The molecule has 6 nitrogen and oxygen atoms in total. The molecule has 0 radical (unpaired) electrons. The number of nitrogens with zero attached hydrogens (tertiary/aromatic N) is 3. The van der Waals surface area contributed by atoms with Crippen LogP contribution in [0.4, 0.5) is 5.69 Å². The van der Waals surface area contributed by atoms with E-state index in [9.17, 15) is 0 Å². The fourth-order valence-corrected chi connectivity index (χ4v) is 3.92. The Hall–Kier alpha value is -1.63. The van der Waals surface area contributed by atoms with Crippen molar-refractivity contribution in [3.05, 3.63) is 42.5 Å². The summed E-state index contributed by atoms with van der Waals surface area (Å²) in [7, 11) is 0. The number of pyridine rings is 1. The predicted octanol–water partition coefficient (Wildman–Crippen LogP) is 2.32. The largest absolute Gasteiger partial charge is 0.379 e. The van der Waals surface area contributed by atoms with E-state index in [0.29, 0.717) is 18.0 Å². The lowest BCUT2D eigenvalue weighted by molar-refractivity contribution is 0.0559. The number of nitrogens with one attached hydrogen (secondary N) is 2. The van der Waals surface area contributed by atoms with E-state index in [1.807, 2.05) is 35.4 Å². The molecule has 2 aromatic rings. The van der Waals surface area contributed by atoms with Crippen molar-refractivity contribution >= 4 is 18.1 Å². The normalized spacial score (nSPS) is 26.2. The van der Waals surface area contributed by atoms with E-state index in [2.05, 4.69) is 26.9 Å². The van der Waals surface area contributed by atoms with E-state index >= 15 is 0 Å². The smallest absolute Gasteiger partial charge is 0.0728 e. The molecular weight excluding hydrogens is 338 g/mol. The zero-order valence-electron chi connectivity index (χ0n) is 14.3. The summed E-state index contributed by atoms with van der Waals surface area (Å²) < 4.78 is 7.63. The van der Waals surface area contributed by atoms with Gasteiger partial charge in [-0.25, -0.2) is 0 Å². The molecule has 136 valence electrons. The molecule has 0 amide bonds. The Morgan fingerprint density at radius 1 is 1.28 bits per heavy atom. The summed E-state index contributed by atoms with van der Waals surface area (Å²) in [6.45, 7) is 3.42. The summed E-state index contributed by atoms with van der Waals surface area (Å²) in [5.41, 5.74) is 2.32. The van der Waals surface area contributed by atoms with Crippen LogP contribution in [0, 0.1) is 5.92 Å². The number of hydrogen-bond donors (Lipinski definition) is 2. The fourth-order valence-electron chi connectivity index (χ4n) is 3.92. The van der Waals surface area contributed by atoms with Gasteiger partial charge in [0.25, 0.3) is 0 Å². The van der Waals surface area contributed by atoms with Crippen LogP contribution < -0.4 is 10.6 Å². The summed E-state index contributed by atoms with van der Waals surface area (Å²) in [5.74, 6) is 0.633. The molecule has 4 rings (SSSR count). The van der Waals surface area contributed by atoms with E-state index in [1.165, 1.54) is 24.8 Å². The highest BCUT2D eigenvalue weighted by atomic mass is 35.5. The van der Waals surface area contributed by atoms with Crippen molar-refractivity contribution in [3.63, 3.8) is 0 Å². The quantitative estimate of drug-likeness (QED) is 0.853. The highest BCUT2D eigenvalue weighted by molar-refractivity contribution is 5.85. The topological polar surface area (TPSA) is 64.0 Å². The monoisotopic (exact) mass is 363 g/mol. The molecule has 0 aromatic carbocycles. The molecule has 3 heterocycles.